The van der Waals surface area contributed by atoms with E-state index in [1.807, 2.05) is 30.3 Å². The number of nitrogens with two attached hydrogens (primary N) is 1. The summed E-state index contributed by atoms with van der Waals surface area (Å²) in [5.74, 6) is 1.24. The maximum Gasteiger partial charge on any atom is 0.240 e. The van der Waals surface area contributed by atoms with Gasteiger partial charge in [-0.3, -0.25) is 9.80 Å². The fraction of sp³-hybridized carbons (Fsp3) is 0.625. The summed E-state index contributed by atoms with van der Waals surface area (Å²) in [5, 5.41) is 19.8. The molecule has 0 saturated carbocycles. The number of ether oxygens (including phenoxy) is 1. The van der Waals surface area contributed by atoms with Crippen molar-refractivity contribution < 1.29 is 23.4 Å². The molecular formula is C32H52N4O5S. The molecule has 236 valence electrons. The van der Waals surface area contributed by atoms with E-state index in [0.717, 1.165) is 19.4 Å². The number of hydrogen-bond donors (Lipinski definition) is 4. The molecule has 2 aromatic carbocycles. The van der Waals surface area contributed by atoms with Crippen LogP contribution in [-0.4, -0.2) is 91.0 Å². The highest BCUT2D eigenvalue weighted by Gasteiger charge is 2.27. The number of aliphatic hydroxyl groups is 2. The lowest BCUT2D eigenvalue weighted by molar-refractivity contribution is 0.0438. The van der Waals surface area contributed by atoms with Crippen LogP contribution in [0.2, 0.25) is 0 Å². The normalized spacial score (nSPS) is 25.2. The van der Waals surface area contributed by atoms with E-state index < -0.39 is 16.1 Å². The minimum Gasteiger partial charge on any atom is -0.457 e. The number of likely N-dealkylation sites (tertiary alicyclic amines) is 2. The average Bonchev–Trinajstić information content (AvgIpc) is 2.97. The second-order valence-electron chi connectivity index (χ2n) is 11.9. The molecule has 2 aromatic rings. The third kappa shape index (κ3) is 10.6. The first-order valence-corrected chi connectivity index (χ1v) is 16.9. The molecule has 2 heterocycles. The first-order valence-electron chi connectivity index (χ1n) is 15.4. The average molecular weight is 605 g/mol. The van der Waals surface area contributed by atoms with E-state index in [0.29, 0.717) is 48.8 Å². The monoisotopic (exact) mass is 604 g/mol. The van der Waals surface area contributed by atoms with Crippen LogP contribution in [0.5, 0.6) is 11.5 Å². The van der Waals surface area contributed by atoms with Crippen molar-refractivity contribution >= 4 is 10.0 Å². The molecule has 0 unspecified atom stereocenters. The van der Waals surface area contributed by atoms with E-state index in [1.54, 1.807) is 12.1 Å². The van der Waals surface area contributed by atoms with Gasteiger partial charge < -0.3 is 20.7 Å². The van der Waals surface area contributed by atoms with E-state index in [2.05, 4.69) is 42.2 Å². The number of piperidine rings is 2. The molecule has 2 saturated heterocycles. The molecule has 42 heavy (non-hydrogen) atoms. The summed E-state index contributed by atoms with van der Waals surface area (Å²) < 4.78 is 33.3. The molecule has 4 rings (SSSR count). The number of para-hydroxylation sites is 1. The zero-order valence-corrected chi connectivity index (χ0v) is 26.5. The molecule has 2 aliphatic rings. The van der Waals surface area contributed by atoms with Gasteiger partial charge >= 0.3 is 0 Å². The first kappa shape index (κ1) is 34.4. The molecule has 2 fully saturated rings. The van der Waals surface area contributed by atoms with Crippen molar-refractivity contribution in [3.63, 3.8) is 0 Å². The second-order valence-corrected chi connectivity index (χ2v) is 13.7. The van der Waals surface area contributed by atoms with Crippen molar-refractivity contribution in [2.24, 2.45) is 5.73 Å². The van der Waals surface area contributed by atoms with Crippen molar-refractivity contribution in [3.05, 3.63) is 54.6 Å². The van der Waals surface area contributed by atoms with Crippen molar-refractivity contribution in [2.45, 2.75) is 107 Å². The summed E-state index contributed by atoms with van der Waals surface area (Å²) in [5.41, 5.74) is 5.40. The van der Waals surface area contributed by atoms with Crippen molar-refractivity contribution in [1.29, 1.82) is 0 Å². The number of aliphatic hydroxyl groups excluding tert-OH is 2. The Morgan fingerprint density at radius 3 is 1.71 bits per heavy atom. The number of benzene rings is 2. The van der Waals surface area contributed by atoms with Gasteiger partial charge in [0.15, 0.2) is 0 Å². The van der Waals surface area contributed by atoms with Crippen LogP contribution in [0.15, 0.2) is 59.5 Å². The smallest absolute Gasteiger partial charge is 0.240 e. The molecule has 6 atom stereocenters. The van der Waals surface area contributed by atoms with Gasteiger partial charge in [-0.25, -0.2) is 13.1 Å². The van der Waals surface area contributed by atoms with Crippen LogP contribution in [0.3, 0.4) is 0 Å². The molecule has 0 radical (unpaired) electrons. The number of hydrogen-bond acceptors (Lipinski definition) is 8. The fourth-order valence-electron chi connectivity index (χ4n) is 5.90. The molecular weight excluding hydrogens is 552 g/mol. The van der Waals surface area contributed by atoms with Gasteiger partial charge in [0.1, 0.15) is 11.5 Å². The highest BCUT2D eigenvalue weighted by molar-refractivity contribution is 7.89. The maximum absolute atomic E-state index is 12.6. The zero-order valence-electron chi connectivity index (χ0n) is 25.7. The minimum absolute atomic E-state index is 0.0134. The SMILES string of the molecule is C[C@@H]1CCC[C@H](C)N1C[C@@H](O)CN.C[C@@H]1CCC[C@H](C)N1C[C@@H](O)CNS(=O)(=O)c1ccc(Oc2ccccc2)cc1. The molecule has 9 nitrogen and oxygen atoms in total. The highest BCUT2D eigenvalue weighted by Crippen LogP contribution is 2.24. The highest BCUT2D eigenvalue weighted by atomic mass is 32.2. The Morgan fingerprint density at radius 2 is 1.24 bits per heavy atom. The quantitative estimate of drug-likeness (QED) is 0.304. The van der Waals surface area contributed by atoms with Crippen LogP contribution in [0, 0.1) is 0 Å². The Kier molecular flexibility index (Phi) is 13.7. The molecule has 2 aliphatic heterocycles. The fourth-order valence-corrected chi connectivity index (χ4v) is 6.97. The third-order valence-electron chi connectivity index (χ3n) is 8.49. The lowest BCUT2D eigenvalue weighted by Gasteiger charge is -2.40. The van der Waals surface area contributed by atoms with Crippen LogP contribution < -0.4 is 15.2 Å². The van der Waals surface area contributed by atoms with E-state index in [1.165, 1.54) is 37.8 Å². The summed E-state index contributed by atoms with van der Waals surface area (Å²) in [6.07, 6.45) is 6.13. The lowest BCUT2D eigenvalue weighted by Crippen LogP contribution is -2.49. The number of β-amino-alcohol motifs (C(OH)–C–C–N with tert-alkyl or cyclic N) is 2. The standard InChI is InChI=1S/C22H30N2O4S.C10H22N2O/c1-17-7-6-8-18(2)24(17)16-19(25)15-23-29(26,27)22-13-11-21(12-14-22)28-20-9-4-3-5-10-20;1-8-4-3-5-9(2)12(8)7-10(13)6-11/h3-5,9-14,17-19,23,25H,6-8,15-16H2,1-2H3;8-10,13H,3-7,11H2,1-2H3/t17-,18+,19-;8-,9+,10-/m00/s1. The molecule has 0 amide bonds. The van der Waals surface area contributed by atoms with Crippen LogP contribution in [0.4, 0.5) is 0 Å². The van der Waals surface area contributed by atoms with Crippen molar-refractivity contribution in [2.75, 3.05) is 26.2 Å². The van der Waals surface area contributed by atoms with Crippen LogP contribution in [0.25, 0.3) is 0 Å². The van der Waals surface area contributed by atoms with Crippen molar-refractivity contribution in [3.8, 4) is 11.5 Å². The molecule has 5 N–H and O–H groups in total. The Balaban J connectivity index is 0.000000312. The third-order valence-corrected chi connectivity index (χ3v) is 9.93. The summed E-state index contributed by atoms with van der Waals surface area (Å²) in [4.78, 5) is 4.78. The Labute approximate surface area is 253 Å². The molecule has 0 spiro atoms. The minimum atomic E-state index is -3.70. The van der Waals surface area contributed by atoms with Crippen LogP contribution in [-0.2, 0) is 10.0 Å². The van der Waals surface area contributed by atoms with Gasteiger partial charge in [-0.05, 0) is 89.8 Å². The van der Waals surface area contributed by atoms with E-state index in [4.69, 9.17) is 10.5 Å². The second kappa shape index (κ2) is 16.7. The topological polar surface area (TPSA) is 128 Å². The van der Waals surface area contributed by atoms with E-state index >= 15 is 0 Å². The van der Waals surface area contributed by atoms with Gasteiger partial charge in [0.05, 0.1) is 17.1 Å². The van der Waals surface area contributed by atoms with Gasteiger partial charge in [0.2, 0.25) is 10.0 Å². The maximum atomic E-state index is 12.6. The van der Waals surface area contributed by atoms with Gasteiger partial charge in [0, 0.05) is 50.3 Å². The summed E-state index contributed by atoms with van der Waals surface area (Å²) in [6.45, 7) is 10.3. The Bertz CT molecular complexity index is 1130. The number of rotatable bonds is 11. The van der Waals surface area contributed by atoms with Crippen molar-refractivity contribution in [1.82, 2.24) is 14.5 Å². The lowest BCUT2D eigenvalue weighted by atomic mass is 9.97. The predicted molar refractivity (Wildman–Crippen MR) is 168 cm³/mol. The summed E-state index contributed by atoms with van der Waals surface area (Å²) in [7, 11) is -3.70. The van der Waals surface area contributed by atoms with Gasteiger partial charge in [-0.1, -0.05) is 31.0 Å². The largest absolute Gasteiger partial charge is 0.457 e. The van der Waals surface area contributed by atoms with Gasteiger partial charge in [-0.15, -0.1) is 0 Å². The summed E-state index contributed by atoms with van der Waals surface area (Å²) in [6, 6.07) is 17.6. The van der Waals surface area contributed by atoms with Crippen LogP contribution >= 0.6 is 0 Å². The molecule has 0 bridgehead atoms. The first-order chi connectivity index (χ1) is 20.0. The molecule has 0 aliphatic carbocycles. The van der Waals surface area contributed by atoms with E-state index in [-0.39, 0.29) is 17.5 Å². The van der Waals surface area contributed by atoms with Gasteiger partial charge in [-0.2, -0.15) is 0 Å². The molecule has 0 aromatic heterocycles. The van der Waals surface area contributed by atoms with E-state index in [9.17, 15) is 18.6 Å². The molecule has 10 heteroatoms. The number of sulfonamides is 1. The number of nitrogens with zero attached hydrogens (tertiary/aromatic N) is 2. The Hall–Kier alpha value is -2.05. The summed E-state index contributed by atoms with van der Waals surface area (Å²) >= 11 is 0. The predicted octanol–water partition coefficient (Wildman–Crippen LogP) is 3.95. The van der Waals surface area contributed by atoms with Gasteiger partial charge in [0.25, 0.3) is 0 Å². The Morgan fingerprint density at radius 1 is 0.786 bits per heavy atom. The number of nitrogens with one attached hydrogen (secondary N) is 1. The zero-order chi connectivity index (χ0) is 30.7. The van der Waals surface area contributed by atoms with Crippen LogP contribution in [0.1, 0.15) is 66.2 Å².